The van der Waals surface area contributed by atoms with Crippen molar-refractivity contribution in [3.63, 3.8) is 0 Å². The Labute approximate surface area is 112 Å². The van der Waals surface area contributed by atoms with Gasteiger partial charge in [-0.05, 0) is 19.1 Å². The van der Waals surface area contributed by atoms with E-state index in [2.05, 4.69) is 9.97 Å². The zero-order chi connectivity index (χ0) is 14.8. The standard InChI is InChI=1S/C12H11F3N4O/c1-7-2-4-8(5-3-7)20-10-6-9(19-16)17-11(18-10)12(13,14)15/h2-6H,16H2,1H3,(H,17,18,19). The van der Waals surface area contributed by atoms with E-state index in [9.17, 15) is 13.2 Å². The number of aryl methyl sites for hydroxylation is 1. The van der Waals surface area contributed by atoms with Gasteiger partial charge in [-0.1, -0.05) is 17.7 Å². The van der Waals surface area contributed by atoms with Gasteiger partial charge in [-0.2, -0.15) is 18.2 Å². The summed E-state index contributed by atoms with van der Waals surface area (Å²) in [7, 11) is 0. The Kier molecular flexibility index (Phi) is 3.75. The lowest BCUT2D eigenvalue weighted by atomic mass is 10.2. The number of nitrogens with two attached hydrogens (primary N) is 1. The van der Waals surface area contributed by atoms with Crippen LogP contribution in [0.1, 0.15) is 11.4 Å². The molecular weight excluding hydrogens is 273 g/mol. The maximum atomic E-state index is 12.6. The van der Waals surface area contributed by atoms with Crippen molar-refractivity contribution in [3.05, 3.63) is 41.7 Å². The van der Waals surface area contributed by atoms with Gasteiger partial charge >= 0.3 is 6.18 Å². The molecule has 3 N–H and O–H groups in total. The van der Waals surface area contributed by atoms with Crippen LogP contribution in [0.4, 0.5) is 19.0 Å². The lowest BCUT2D eigenvalue weighted by Gasteiger charge is -2.10. The van der Waals surface area contributed by atoms with Crippen LogP contribution in [-0.4, -0.2) is 9.97 Å². The third-order valence-electron chi connectivity index (χ3n) is 2.35. The van der Waals surface area contributed by atoms with E-state index in [1.165, 1.54) is 6.07 Å². The normalized spacial score (nSPS) is 11.2. The van der Waals surface area contributed by atoms with Gasteiger partial charge in [-0.25, -0.2) is 10.8 Å². The maximum absolute atomic E-state index is 12.6. The van der Waals surface area contributed by atoms with Gasteiger partial charge in [-0.3, -0.25) is 0 Å². The minimum Gasteiger partial charge on any atom is -0.439 e. The molecule has 0 bridgehead atoms. The van der Waals surface area contributed by atoms with Gasteiger partial charge in [0, 0.05) is 6.07 Å². The SMILES string of the molecule is Cc1ccc(Oc2cc(NN)nc(C(F)(F)F)n2)cc1. The number of aromatic nitrogens is 2. The van der Waals surface area contributed by atoms with E-state index in [0.717, 1.165) is 5.56 Å². The number of hydrogen-bond donors (Lipinski definition) is 2. The number of ether oxygens (including phenoxy) is 1. The highest BCUT2D eigenvalue weighted by Gasteiger charge is 2.35. The summed E-state index contributed by atoms with van der Waals surface area (Å²) in [5, 5.41) is 0. The van der Waals surface area contributed by atoms with Crippen LogP contribution in [0.25, 0.3) is 0 Å². The lowest BCUT2D eigenvalue weighted by molar-refractivity contribution is -0.145. The van der Waals surface area contributed by atoms with Crippen molar-refractivity contribution in [2.45, 2.75) is 13.1 Å². The summed E-state index contributed by atoms with van der Waals surface area (Å²) in [5.41, 5.74) is 3.04. The highest BCUT2D eigenvalue weighted by molar-refractivity contribution is 5.39. The first-order valence-corrected chi connectivity index (χ1v) is 5.56. The fourth-order valence-corrected chi connectivity index (χ4v) is 1.41. The molecule has 2 rings (SSSR count). The smallest absolute Gasteiger partial charge is 0.439 e. The molecule has 0 amide bonds. The summed E-state index contributed by atoms with van der Waals surface area (Å²) >= 11 is 0. The fraction of sp³-hybridized carbons (Fsp3) is 0.167. The molecule has 0 saturated carbocycles. The minimum atomic E-state index is -4.68. The van der Waals surface area contributed by atoms with E-state index in [4.69, 9.17) is 10.6 Å². The molecule has 0 unspecified atom stereocenters. The van der Waals surface area contributed by atoms with Crippen LogP contribution in [-0.2, 0) is 6.18 Å². The van der Waals surface area contributed by atoms with Crippen molar-refractivity contribution in [1.82, 2.24) is 9.97 Å². The first kappa shape index (κ1) is 14.1. The second-order valence-electron chi connectivity index (χ2n) is 3.97. The van der Waals surface area contributed by atoms with E-state index < -0.39 is 12.0 Å². The van der Waals surface area contributed by atoms with Gasteiger partial charge in [0.05, 0.1) is 0 Å². The van der Waals surface area contributed by atoms with E-state index >= 15 is 0 Å². The van der Waals surface area contributed by atoms with Gasteiger partial charge in [0.1, 0.15) is 11.6 Å². The molecule has 1 aromatic carbocycles. The van der Waals surface area contributed by atoms with E-state index in [1.807, 2.05) is 12.3 Å². The number of nitrogens with zero attached hydrogens (tertiary/aromatic N) is 2. The molecule has 1 heterocycles. The van der Waals surface area contributed by atoms with Crippen LogP contribution in [0, 0.1) is 6.92 Å². The Hall–Kier alpha value is -2.35. The van der Waals surface area contributed by atoms with Crippen molar-refractivity contribution in [2.75, 3.05) is 5.43 Å². The third kappa shape index (κ3) is 3.35. The number of hydrogen-bond acceptors (Lipinski definition) is 5. The Morgan fingerprint density at radius 3 is 2.35 bits per heavy atom. The fourth-order valence-electron chi connectivity index (χ4n) is 1.41. The topological polar surface area (TPSA) is 73.1 Å². The zero-order valence-corrected chi connectivity index (χ0v) is 10.4. The summed E-state index contributed by atoms with van der Waals surface area (Å²) in [5.74, 6) is 3.69. The highest BCUT2D eigenvalue weighted by Crippen LogP contribution is 2.30. The van der Waals surface area contributed by atoms with Crippen LogP contribution in [0.5, 0.6) is 11.6 Å². The van der Waals surface area contributed by atoms with Crippen molar-refractivity contribution in [3.8, 4) is 11.6 Å². The van der Waals surface area contributed by atoms with Crippen molar-refractivity contribution in [2.24, 2.45) is 5.84 Å². The summed E-state index contributed by atoms with van der Waals surface area (Å²) in [6.07, 6.45) is -4.68. The second kappa shape index (κ2) is 5.33. The Morgan fingerprint density at radius 1 is 1.15 bits per heavy atom. The van der Waals surface area contributed by atoms with Gasteiger partial charge in [0.25, 0.3) is 0 Å². The monoisotopic (exact) mass is 284 g/mol. The van der Waals surface area contributed by atoms with Crippen LogP contribution in [0.3, 0.4) is 0 Å². The van der Waals surface area contributed by atoms with Gasteiger partial charge in [-0.15, -0.1) is 0 Å². The van der Waals surface area contributed by atoms with Gasteiger partial charge in [0.2, 0.25) is 11.7 Å². The first-order valence-electron chi connectivity index (χ1n) is 5.56. The minimum absolute atomic E-state index is 0.186. The molecule has 0 atom stereocenters. The maximum Gasteiger partial charge on any atom is 0.451 e. The first-order chi connectivity index (χ1) is 9.38. The molecule has 8 heteroatoms. The van der Waals surface area contributed by atoms with Crippen molar-refractivity contribution in [1.29, 1.82) is 0 Å². The molecule has 0 radical (unpaired) electrons. The molecule has 0 spiro atoms. The predicted molar refractivity (Wildman–Crippen MR) is 66.1 cm³/mol. The van der Waals surface area contributed by atoms with Crippen LogP contribution in [0.15, 0.2) is 30.3 Å². The molecule has 1 aromatic heterocycles. The molecule has 2 aromatic rings. The van der Waals surface area contributed by atoms with Crippen LogP contribution >= 0.6 is 0 Å². The number of nitrogens with one attached hydrogen (secondary N) is 1. The second-order valence-corrected chi connectivity index (χ2v) is 3.97. The van der Waals surface area contributed by atoms with E-state index in [0.29, 0.717) is 5.75 Å². The summed E-state index contributed by atoms with van der Waals surface area (Å²) in [6, 6.07) is 7.96. The number of nitrogen functional groups attached to an aromatic ring is 1. The number of rotatable bonds is 3. The molecule has 0 aliphatic heterocycles. The van der Waals surface area contributed by atoms with Gasteiger partial charge in [0.15, 0.2) is 0 Å². The molecule has 20 heavy (non-hydrogen) atoms. The van der Waals surface area contributed by atoms with Crippen molar-refractivity contribution >= 4 is 5.82 Å². The average Bonchev–Trinajstić information content (AvgIpc) is 2.40. The number of hydrazine groups is 1. The molecule has 0 saturated heterocycles. The number of halogens is 3. The van der Waals surface area contributed by atoms with E-state index in [-0.39, 0.29) is 11.7 Å². The number of alkyl halides is 3. The zero-order valence-electron chi connectivity index (χ0n) is 10.4. The molecule has 0 aliphatic carbocycles. The van der Waals surface area contributed by atoms with Crippen LogP contribution < -0.4 is 16.0 Å². The van der Waals surface area contributed by atoms with Crippen molar-refractivity contribution < 1.29 is 17.9 Å². The predicted octanol–water partition coefficient (Wildman–Crippen LogP) is 2.88. The highest BCUT2D eigenvalue weighted by atomic mass is 19.4. The number of anilines is 1. The third-order valence-corrected chi connectivity index (χ3v) is 2.35. The summed E-state index contributed by atoms with van der Waals surface area (Å²) < 4.78 is 43.1. The molecular formula is C12H11F3N4O. The molecule has 0 aliphatic rings. The molecule has 5 nitrogen and oxygen atoms in total. The Bertz CT molecular complexity index is 599. The average molecular weight is 284 g/mol. The molecule has 0 fully saturated rings. The Balaban J connectivity index is 2.33. The summed E-state index contributed by atoms with van der Waals surface area (Å²) in [4.78, 5) is 6.54. The largest absolute Gasteiger partial charge is 0.451 e. The lowest BCUT2D eigenvalue weighted by Crippen LogP contribution is -2.16. The summed E-state index contributed by atoms with van der Waals surface area (Å²) in [6.45, 7) is 1.88. The molecule has 106 valence electrons. The quantitative estimate of drug-likeness (QED) is 0.669. The van der Waals surface area contributed by atoms with Crippen LogP contribution in [0.2, 0.25) is 0 Å². The van der Waals surface area contributed by atoms with E-state index in [1.54, 1.807) is 24.3 Å². The Morgan fingerprint density at radius 2 is 1.80 bits per heavy atom. The van der Waals surface area contributed by atoms with Gasteiger partial charge < -0.3 is 10.2 Å². The number of benzene rings is 1.